The van der Waals surface area contributed by atoms with Gasteiger partial charge >= 0.3 is 0 Å². The van der Waals surface area contributed by atoms with Gasteiger partial charge < -0.3 is 15.5 Å². The van der Waals surface area contributed by atoms with Crippen molar-refractivity contribution in [3.63, 3.8) is 0 Å². The lowest BCUT2D eigenvalue weighted by atomic mass is 10.3. The molecule has 0 saturated heterocycles. The second-order valence-corrected chi connectivity index (χ2v) is 3.70. The number of furan rings is 1. The molecule has 4 nitrogen and oxygen atoms in total. The van der Waals surface area contributed by atoms with Crippen LogP contribution in [0.1, 0.15) is 17.2 Å². The highest BCUT2D eigenvalue weighted by molar-refractivity contribution is 5.34. The van der Waals surface area contributed by atoms with Crippen LogP contribution in [-0.2, 0) is 13.1 Å². The summed E-state index contributed by atoms with van der Waals surface area (Å²) in [5.41, 5.74) is 7.21. The van der Waals surface area contributed by atoms with E-state index in [2.05, 4.69) is 10.3 Å². The highest BCUT2D eigenvalue weighted by Gasteiger charge is 1.98. The molecule has 0 fully saturated rings. The van der Waals surface area contributed by atoms with Gasteiger partial charge in [0.05, 0.1) is 24.1 Å². The molecule has 2 rings (SSSR count). The van der Waals surface area contributed by atoms with E-state index in [1.165, 1.54) is 0 Å². The lowest BCUT2D eigenvalue weighted by molar-refractivity contribution is 0.461. The molecular weight excluding hydrogens is 202 g/mol. The minimum Gasteiger partial charge on any atom is -0.465 e. The summed E-state index contributed by atoms with van der Waals surface area (Å²) in [6, 6.07) is 7.69. The maximum absolute atomic E-state index is 5.55. The van der Waals surface area contributed by atoms with Crippen LogP contribution in [0.2, 0.25) is 0 Å². The van der Waals surface area contributed by atoms with Gasteiger partial charge in [0.1, 0.15) is 11.5 Å². The number of nitrogen functional groups attached to an aromatic ring is 1. The number of aromatic nitrogens is 1. The molecule has 16 heavy (non-hydrogen) atoms. The minimum absolute atomic E-state index is 0.686. The third-order valence-electron chi connectivity index (χ3n) is 2.25. The van der Waals surface area contributed by atoms with E-state index in [1.54, 1.807) is 6.20 Å². The van der Waals surface area contributed by atoms with Crippen LogP contribution < -0.4 is 11.1 Å². The van der Waals surface area contributed by atoms with E-state index >= 15 is 0 Å². The van der Waals surface area contributed by atoms with Gasteiger partial charge in [-0.15, -0.1) is 0 Å². The normalized spacial score (nSPS) is 10.6. The first kappa shape index (κ1) is 10.7. The number of hydrogen-bond donors (Lipinski definition) is 2. The summed E-state index contributed by atoms with van der Waals surface area (Å²) < 4.78 is 5.44. The maximum Gasteiger partial charge on any atom is 0.117 e. The SMILES string of the molecule is Cc1ccc(CNCc2ccc(N)cn2)o1. The Morgan fingerprint density at radius 2 is 2.12 bits per heavy atom. The predicted molar refractivity (Wildman–Crippen MR) is 62.6 cm³/mol. The molecule has 2 aromatic rings. The zero-order valence-electron chi connectivity index (χ0n) is 9.23. The van der Waals surface area contributed by atoms with Crippen LogP contribution in [0.25, 0.3) is 0 Å². The Balaban J connectivity index is 1.82. The number of nitrogens with zero attached hydrogens (tertiary/aromatic N) is 1. The van der Waals surface area contributed by atoms with Crippen molar-refractivity contribution < 1.29 is 4.42 Å². The molecule has 0 aliphatic heterocycles. The van der Waals surface area contributed by atoms with Crippen molar-refractivity contribution in [1.29, 1.82) is 0 Å². The minimum atomic E-state index is 0.686. The summed E-state index contributed by atoms with van der Waals surface area (Å²) in [5.74, 6) is 1.87. The molecule has 2 aromatic heterocycles. The molecule has 0 aromatic carbocycles. The Hall–Kier alpha value is -1.81. The molecule has 0 aliphatic carbocycles. The third-order valence-corrected chi connectivity index (χ3v) is 2.25. The number of rotatable bonds is 4. The highest BCUT2D eigenvalue weighted by Crippen LogP contribution is 2.06. The van der Waals surface area contributed by atoms with E-state index in [0.29, 0.717) is 18.8 Å². The molecule has 0 unspecified atom stereocenters. The Morgan fingerprint density at radius 3 is 2.75 bits per heavy atom. The zero-order chi connectivity index (χ0) is 11.4. The quantitative estimate of drug-likeness (QED) is 0.820. The third kappa shape index (κ3) is 2.84. The molecule has 0 atom stereocenters. The first-order chi connectivity index (χ1) is 7.74. The summed E-state index contributed by atoms with van der Waals surface area (Å²) in [7, 11) is 0. The van der Waals surface area contributed by atoms with E-state index in [1.807, 2.05) is 31.2 Å². The topological polar surface area (TPSA) is 64.1 Å². The zero-order valence-corrected chi connectivity index (χ0v) is 9.23. The molecule has 2 heterocycles. The summed E-state index contributed by atoms with van der Waals surface area (Å²) >= 11 is 0. The Morgan fingerprint density at radius 1 is 1.25 bits per heavy atom. The predicted octanol–water partition coefficient (Wildman–Crippen LogP) is 1.86. The fourth-order valence-electron chi connectivity index (χ4n) is 1.43. The van der Waals surface area contributed by atoms with Gasteiger partial charge in [-0.25, -0.2) is 0 Å². The Kier molecular flexibility index (Phi) is 3.22. The standard InChI is InChI=1S/C12H15N3O/c1-9-2-5-12(16-9)8-14-7-11-4-3-10(13)6-15-11/h2-6,14H,7-8,13H2,1H3. The number of nitrogens with two attached hydrogens (primary N) is 1. The van der Waals surface area contributed by atoms with Crippen molar-refractivity contribution in [3.8, 4) is 0 Å². The van der Waals surface area contributed by atoms with Gasteiger partial charge in [0.15, 0.2) is 0 Å². The Labute approximate surface area is 94.5 Å². The summed E-state index contributed by atoms with van der Waals surface area (Å²) in [6.07, 6.45) is 1.66. The van der Waals surface area contributed by atoms with Crippen LogP contribution in [0.3, 0.4) is 0 Å². The van der Waals surface area contributed by atoms with Crippen molar-refractivity contribution in [2.75, 3.05) is 5.73 Å². The number of nitrogens with one attached hydrogen (secondary N) is 1. The summed E-state index contributed by atoms with van der Waals surface area (Å²) in [6.45, 7) is 3.35. The van der Waals surface area contributed by atoms with Crippen LogP contribution in [0, 0.1) is 6.92 Å². The molecule has 0 aliphatic rings. The second-order valence-electron chi connectivity index (χ2n) is 3.70. The lowest BCUT2D eigenvalue weighted by Crippen LogP contribution is -2.13. The van der Waals surface area contributed by atoms with Crippen molar-refractivity contribution in [2.24, 2.45) is 0 Å². The molecule has 0 spiro atoms. The van der Waals surface area contributed by atoms with Gasteiger partial charge in [0, 0.05) is 6.54 Å². The van der Waals surface area contributed by atoms with Gasteiger partial charge in [0.25, 0.3) is 0 Å². The van der Waals surface area contributed by atoms with E-state index in [-0.39, 0.29) is 0 Å². The molecule has 4 heteroatoms. The van der Waals surface area contributed by atoms with Gasteiger partial charge in [-0.2, -0.15) is 0 Å². The van der Waals surface area contributed by atoms with Gasteiger partial charge in [-0.05, 0) is 31.2 Å². The number of aryl methyl sites for hydroxylation is 1. The molecule has 84 valence electrons. The first-order valence-corrected chi connectivity index (χ1v) is 5.20. The van der Waals surface area contributed by atoms with Crippen LogP contribution in [-0.4, -0.2) is 4.98 Å². The van der Waals surface area contributed by atoms with E-state index in [0.717, 1.165) is 17.2 Å². The van der Waals surface area contributed by atoms with E-state index < -0.39 is 0 Å². The van der Waals surface area contributed by atoms with Crippen LogP contribution in [0.5, 0.6) is 0 Å². The lowest BCUT2D eigenvalue weighted by Gasteiger charge is -2.02. The fraction of sp³-hybridized carbons (Fsp3) is 0.250. The van der Waals surface area contributed by atoms with Gasteiger partial charge in [-0.3, -0.25) is 4.98 Å². The largest absolute Gasteiger partial charge is 0.465 e. The maximum atomic E-state index is 5.55. The molecule has 0 radical (unpaired) electrons. The van der Waals surface area contributed by atoms with Crippen molar-refractivity contribution in [1.82, 2.24) is 10.3 Å². The summed E-state index contributed by atoms with van der Waals surface area (Å²) in [5, 5.41) is 3.25. The second kappa shape index (κ2) is 4.81. The molecular formula is C12H15N3O. The van der Waals surface area contributed by atoms with Gasteiger partial charge in [-0.1, -0.05) is 0 Å². The molecule has 3 N–H and O–H groups in total. The Bertz CT molecular complexity index is 448. The number of anilines is 1. The molecule has 0 bridgehead atoms. The smallest absolute Gasteiger partial charge is 0.117 e. The molecule has 0 saturated carbocycles. The molecule has 0 amide bonds. The monoisotopic (exact) mass is 217 g/mol. The van der Waals surface area contributed by atoms with E-state index in [9.17, 15) is 0 Å². The average molecular weight is 217 g/mol. The van der Waals surface area contributed by atoms with Crippen molar-refractivity contribution in [2.45, 2.75) is 20.0 Å². The van der Waals surface area contributed by atoms with Crippen molar-refractivity contribution >= 4 is 5.69 Å². The first-order valence-electron chi connectivity index (χ1n) is 5.20. The average Bonchev–Trinajstić information content (AvgIpc) is 2.67. The summed E-state index contributed by atoms with van der Waals surface area (Å²) in [4.78, 5) is 4.20. The fourth-order valence-corrected chi connectivity index (χ4v) is 1.43. The van der Waals surface area contributed by atoms with Crippen LogP contribution in [0.15, 0.2) is 34.9 Å². The number of hydrogen-bond acceptors (Lipinski definition) is 4. The van der Waals surface area contributed by atoms with Crippen molar-refractivity contribution in [3.05, 3.63) is 47.7 Å². The highest BCUT2D eigenvalue weighted by atomic mass is 16.3. The number of pyridine rings is 1. The van der Waals surface area contributed by atoms with Crippen LogP contribution >= 0.6 is 0 Å². The van der Waals surface area contributed by atoms with E-state index in [4.69, 9.17) is 10.2 Å². The van der Waals surface area contributed by atoms with Gasteiger partial charge in [0.2, 0.25) is 0 Å². The van der Waals surface area contributed by atoms with Crippen LogP contribution in [0.4, 0.5) is 5.69 Å².